The van der Waals surface area contributed by atoms with E-state index in [4.69, 9.17) is 0 Å². The summed E-state index contributed by atoms with van der Waals surface area (Å²) < 4.78 is 0. The van der Waals surface area contributed by atoms with Crippen LogP contribution in [0.15, 0.2) is 12.2 Å². The van der Waals surface area contributed by atoms with Crippen LogP contribution in [0.2, 0.25) is 0 Å². The molecule has 0 aliphatic heterocycles. The Hall–Kier alpha value is -1.36. The number of allylic oxidation sites excluding steroid dienone is 2. The van der Waals surface area contributed by atoms with E-state index in [0.29, 0.717) is 25.9 Å². The van der Waals surface area contributed by atoms with Crippen molar-refractivity contribution in [3.05, 3.63) is 12.2 Å². The molecule has 20 heavy (non-hydrogen) atoms. The lowest BCUT2D eigenvalue weighted by atomic mass is 9.82. The number of nitrogens with zero attached hydrogens (tertiary/aromatic N) is 2. The summed E-state index contributed by atoms with van der Waals surface area (Å²) in [6.45, 7) is 4.18. The zero-order chi connectivity index (χ0) is 15.1. The molecular formula is C15H26N2O3. The highest BCUT2D eigenvalue weighted by Crippen LogP contribution is 2.27. The molecular weight excluding hydrogens is 256 g/mol. The average molecular weight is 282 g/mol. The zero-order valence-electron chi connectivity index (χ0n) is 12.7. The Morgan fingerprint density at radius 3 is 2.20 bits per heavy atom. The summed E-state index contributed by atoms with van der Waals surface area (Å²) in [4.78, 5) is 27.8. The first-order valence-corrected chi connectivity index (χ1v) is 7.28. The van der Waals surface area contributed by atoms with Crippen LogP contribution in [0, 0.1) is 11.8 Å². The molecule has 0 aromatic heterocycles. The van der Waals surface area contributed by atoms with Crippen molar-refractivity contribution < 1.29 is 14.7 Å². The number of hydrogen-bond donors (Lipinski definition) is 1. The molecule has 0 saturated carbocycles. The third-order valence-corrected chi connectivity index (χ3v) is 3.69. The van der Waals surface area contributed by atoms with Gasteiger partial charge in [-0.05, 0) is 33.4 Å². The predicted molar refractivity (Wildman–Crippen MR) is 78.4 cm³/mol. The fraction of sp³-hybridized carbons (Fsp3) is 0.733. The Labute approximate surface area is 121 Å². The van der Waals surface area contributed by atoms with E-state index in [1.54, 1.807) is 0 Å². The molecule has 0 heterocycles. The third kappa shape index (κ3) is 4.63. The summed E-state index contributed by atoms with van der Waals surface area (Å²) >= 11 is 0. The summed E-state index contributed by atoms with van der Waals surface area (Å²) in [5.41, 5.74) is 0. The summed E-state index contributed by atoms with van der Waals surface area (Å²) in [5, 5.41) is 9.27. The minimum atomic E-state index is -0.864. The topological polar surface area (TPSA) is 60.9 Å². The van der Waals surface area contributed by atoms with Gasteiger partial charge in [-0.2, -0.15) is 0 Å². The SMILES string of the molecule is CCCN(CCN(C)C)C(=O)[C@@H]1CC=CC[C@@H]1C(=O)O. The maximum atomic E-state index is 12.6. The minimum Gasteiger partial charge on any atom is -0.481 e. The van der Waals surface area contributed by atoms with E-state index >= 15 is 0 Å². The highest BCUT2D eigenvalue weighted by Gasteiger charge is 2.36. The summed E-state index contributed by atoms with van der Waals surface area (Å²) in [6.07, 6.45) is 5.68. The van der Waals surface area contributed by atoms with Crippen LogP contribution in [0.1, 0.15) is 26.2 Å². The molecule has 0 aromatic rings. The quantitative estimate of drug-likeness (QED) is 0.718. The van der Waals surface area contributed by atoms with Crippen LogP contribution in [-0.2, 0) is 9.59 Å². The summed E-state index contributed by atoms with van der Waals surface area (Å²) in [7, 11) is 3.94. The molecule has 114 valence electrons. The van der Waals surface area contributed by atoms with Crippen molar-refractivity contribution in [1.82, 2.24) is 9.80 Å². The Morgan fingerprint density at radius 2 is 1.70 bits per heavy atom. The Bertz CT molecular complexity index is 366. The van der Waals surface area contributed by atoms with Gasteiger partial charge in [-0.1, -0.05) is 19.1 Å². The normalized spacial score (nSPS) is 22.0. The number of carboxylic acids is 1. The van der Waals surface area contributed by atoms with Crippen LogP contribution in [0.4, 0.5) is 0 Å². The van der Waals surface area contributed by atoms with Gasteiger partial charge in [-0.15, -0.1) is 0 Å². The summed E-state index contributed by atoms with van der Waals surface area (Å²) in [6, 6.07) is 0. The predicted octanol–water partition coefficient (Wildman–Crippen LogP) is 1.45. The van der Waals surface area contributed by atoms with Crippen LogP contribution in [-0.4, -0.2) is 60.5 Å². The largest absolute Gasteiger partial charge is 0.481 e. The first kappa shape index (κ1) is 16.7. The highest BCUT2D eigenvalue weighted by molar-refractivity contribution is 5.85. The maximum absolute atomic E-state index is 12.6. The number of aliphatic carboxylic acids is 1. The van der Waals surface area contributed by atoms with Crippen molar-refractivity contribution in [3.63, 3.8) is 0 Å². The Balaban J connectivity index is 2.75. The second-order valence-corrected chi connectivity index (χ2v) is 5.62. The fourth-order valence-corrected chi connectivity index (χ4v) is 2.52. The van der Waals surface area contributed by atoms with Crippen LogP contribution < -0.4 is 0 Å². The monoisotopic (exact) mass is 282 g/mol. The van der Waals surface area contributed by atoms with Crippen LogP contribution in [0.5, 0.6) is 0 Å². The lowest BCUT2D eigenvalue weighted by Gasteiger charge is -2.31. The van der Waals surface area contributed by atoms with E-state index in [-0.39, 0.29) is 5.91 Å². The van der Waals surface area contributed by atoms with Crippen LogP contribution in [0.3, 0.4) is 0 Å². The van der Waals surface area contributed by atoms with E-state index in [1.165, 1.54) is 0 Å². The number of carboxylic acid groups (broad SMARTS) is 1. The maximum Gasteiger partial charge on any atom is 0.307 e. The van der Waals surface area contributed by atoms with Gasteiger partial charge in [-0.3, -0.25) is 9.59 Å². The Morgan fingerprint density at radius 1 is 1.10 bits per heavy atom. The number of likely N-dealkylation sites (N-methyl/N-ethyl adjacent to an activating group) is 1. The van der Waals surface area contributed by atoms with Gasteiger partial charge in [0.15, 0.2) is 0 Å². The molecule has 0 fully saturated rings. The van der Waals surface area contributed by atoms with Gasteiger partial charge >= 0.3 is 5.97 Å². The molecule has 0 spiro atoms. The molecule has 0 aromatic carbocycles. The fourth-order valence-electron chi connectivity index (χ4n) is 2.52. The molecule has 1 N–H and O–H groups in total. The third-order valence-electron chi connectivity index (χ3n) is 3.69. The second-order valence-electron chi connectivity index (χ2n) is 5.62. The van der Waals surface area contributed by atoms with Gasteiger partial charge in [0.1, 0.15) is 0 Å². The summed E-state index contributed by atoms with van der Waals surface area (Å²) in [5.74, 6) is -1.86. The minimum absolute atomic E-state index is 0.00884. The average Bonchev–Trinajstić information content (AvgIpc) is 2.42. The molecule has 0 radical (unpaired) electrons. The Kier molecular flexibility index (Phi) is 6.71. The van der Waals surface area contributed by atoms with Crippen molar-refractivity contribution in [2.75, 3.05) is 33.7 Å². The number of hydrogen-bond acceptors (Lipinski definition) is 3. The molecule has 1 aliphatic rings. The molecule has 5 nitrogen and oxygen atoms in total. The molecule has 1 amide bonds. The van der Waals surface area contributed by atoms with Crippen molar-refractivity contribution in [3.8, 4) is 0 Å². The van der Waals surface area contributed by atoms with Gasteiger partial charge in [0.05, 0.1) is 11.8 Å². The molecule has 1 aliphatic carbocycles. The number of carbonyl (C=O) groups is 2. The van der Waals surface area contributed by atoms with Crippen LogP contribution >= 0.6 is 0 Å². The first-order chi connectivity index (χ1) is 9.47. The molecule has 1 rings (SSSR count). The van der Waals surface area contributed by atoms with E-state index < -0.39 is 17.8 Å². The smallest absolute Gasteiger partial charge is 0.307 e. The molecule has 5 heteroatoms. The lowest BCUT2D eigenvalue weighted by molar-refractivity contribution is -0.150. The second kappa shape index (κ2) is 8.04. The first-order valence-electron chi connectivity index (χ1n) is 7.28. The van der Waals surface area contributed by atoms with Gasteiger partial charge in [0.25, 0.3) is 0 Å². The standard InChI is InChI=1S/C15H26N2O3/c1-4-9-17(11-10-16(2)3)14(18)12-7-5-6-8-13(12)15(19)20/h5-6,12-13H,4,7-11H2,1-3H3,(H,19,20)/t12-,13+/m1/s1. The molecule has 0 unspecified atom stereocenters. The number of rotatable bonds is 7. The van der Waals surface area contributed by atoms with E-state index in [1.807, 2.05) is 43.0 Å². The number of carbonyl (C=O) groups excluding carboxylic acids is 1. The molecule has 2 atom stereocenters. The molecule has 0 saturated heterocycles. The van der Waals surface area contributed by atoms with Crippen molar-refractivity contribution in [1.29, 1.82) is 0 Å². The van der Waals surface area contributed by atoms with Crippen molar-refractivity contribution in [2.24, 2.45) is 11.8 Å². The van der Waals surface area contributed by atoms with Gasteiger partial charge in [0.2, 0.25) is 5.91 Å². The van der Waals surface area contributed by atoms with Gasteiger partial charge in [-0.25, -0.2) is 0 Å². The van der Waals surface area contributed by atoms with Crippen molar-refractivity contribution in [2.45, 2.75) is 26.2 Å². The number of amides is 1. The zero-order valence-corrected chi connectivity index (χ0v) is 12.7. The van der Waals surface area contributed by atoms with E-state index in [0.717, 1.165) is 13.0 Å². The van der Waals surface area contributed by atoms with E-state index in [9.17, 15) is 14.7 Å². The van der Waals surface area contributed by atoms with Gasteiger partial charge < -0.3 is 14.9 Å². The highest BCUT2D eigenvalue weighted by atomic mass is 16.4. The lowest BCUT2D eigenvalue weighted by Crippen LogP contribution is -2.44. The van der Waals surface area contributed by atoms with Crippen LogP contribution in [0.25, 0.3) is 0 Å². The van der Waals surface area contributed by atoms with E-state index in [2.05, 4.69) is 0 Å². The van der Waals surface area contributed by atoms with Gasteiger partial charge in [0, 0.05) is 19.6 Å². The van der Waals surface area contributed by atoms with Crippen molar-refractivity contribution >= 4 is 11.9 Å². The molecule has 0 bridgehead atoms.